The van der Waals surface area contributed by atoms with E-state index in [1.807, 2.05) is 12.1 Å². The molecule has 2 aromatic carbocycles. The van der Waals surface area contributed by atoms with Crippen LogP contribution in [0.2, 0.25) is 0 Å². The first-order valence-electron chi connectivity index (χ1n) is 9.27. The van der Waals surface area contributed by atoms with Crippen LogP contribution in [0.15, 0.2) is 67.3 Å². The topological polar surface area (TPSA) is 33.7 Å². The number of benzene rings is 2. The van der Waals surface area contributed by atoms with Gasteiger partial charge in [-0.1, -0.05) is 61.2 Å². The van der Waals surface area contributed by atoms with Crippen molar-refractivity contribution in [3.8, 4) is 5.75 Å². The average Bonchev–Trinajstić information content (AvgIpc) is 2.72. The van der Waals surface area contributed by atoms with Gasteiger partial charge in [-0.3, -0.25) is 4.90 Å². The third-order valence-corrected chi connectivity index (χ3v) is 4.65. The molecule has 0 bridgehead atoms. The Hall–Kier alpha value is -2.14. The molecule has 1 aliphatic heterocycles. The minimum atomic E-state index is 0.348. The first-order valence-corrected chi connectivity index (χ1v) is 9.27. The smallest absolute Gasteiger partial charge is 0.124 e. The highest BCUT2D eigenvalue weighted by atomic mass is 16.5. The van der Waals surface area contributed by atoms with Crippen molar-refractivity contribution in [1.82, 2.24) is 10.2 Å². The summed E-state index contributed by atoms with van der Waals surface area (Å²) >= 11 is 0. The molecule has 138 valence electrons. The lowest BCUT2D eigenvalue weighted by Gasteiger charge is -2.35. The van der Waals surface area contributed by atoms with Gasteiger partial charge in [0.1, 0.15) is 12.4 Å². The Bertz CT molecular complexity index is 669. The summed E-state index contributed by atoms with van der Waals surface area (Å²) < 4.78 is 11.3. The highest BCUT2D eigenvalue weighted by molar-refractivity contribution is 5.33. The number of nitrogens with zero attached hydrogens (tertiary/aromatic N) is 1. The minimum Gasteiger partial charge on any atom is -0.489 e. The van der Waals surface area contributed by atoms with Gasteiger partial charge >= 0.3 is 0 Å². The third-order valence-electron chi connectivity index (χ3n) is 4.65. The van der Waals surface area contributed by atoms with Gasteiger partial charge in [0, 0.05) is 37.8 Å². The molecule has 26 heavy (non-hydrogen) atoms. The van der Waals surface area contributed by atoms with E-state index in [2.05, 4.69) is 59.3 Å². The predicted molar refractivity (Wildman–Crippen MR) is 105 cm³/mol. The standard InChI is InChI=1S/C22H28N2O2/c1-2-14-26-22-11-7-6-10-20(22)17-23-18-21(19-8-4-3-5-9-19)24-12-15-25-16-13-24/h2-11,21,23H,1,12-18H2. The van der Waals surface area contributed by atoms with Crippen molar-refractivity contribution in [2.75, 3.05) is 39.5 Å². The molecular weight excluding hydrogens is 324 g/mol. The fraction of sp³-hybridized carbons (Fsp3) is 0.364. The Morgan fingerprint density at radius 3 is 2.58 bits per heavy atom. The number of hydrogen-bond acceptors (Lipinski definition) is 4. The second-order valence-electron chi connectivity index (χ2n) is 6.41. The van der Waals surface area contributed by atoms with Gasteiger partial charge in [-0.2, -0.15) is 0 Å². The van der Waals surface area contributed by atoms with E-state index >= 15 is 0 Å². The molecular formula is C22H28N2O2. The summed E-state index contributed by atoms with van der Waals surface area (Å²) in [4.78, 5) is 2.51. The summed E-state index contributed by atoms with van der Waals surface area (Å²) in [7, 11) is 0. The molecule has 3 rings (SSSR count). The molecule has 1 saturated heterocycles. The molecule has 1 unspecified atom stereocenters. The molecule has 0 saturated carbocycles. The molecule has 0 radical (unpaired) electrons. The SMILES string of the molecule is C=CCOc1ccccc1CNCC(c1ccccc1)N1CCOCC1. The molecule has 4 nitrogen and oxygen atoms in total. The van der Waals surface area contributed by atoms with Crippen molar-refractivity contribution < 1.29 is 9.47 Å². The van der Waals surface area contributed by atoms with Crippen LogP contribution in [-0.4, -0.2) is 44.4 Å². The van der Waals surface area contributed by atoms with Crippen LogP contribution in [0.5, 0.6) is 5.75 Å². The molecule has 2 aromatic rings. The van der Waals surface area contributed by atoms with E-state index in [0.717, 1.165) is 45.1 Å². The van der Waals surface area contributed by atoms with Crippen molar-refractivity contribution in [3.63, 3.8) is 0 Å². The fourth-order valence-corrected chi connectivity index (χ4v) is 3.31. The zero-order valence-corrected chi connectivity index (χ0v) is 15.3. The third kappa shape index (κ3) is 5.18. The van der Waals surface area contributed by atoms with E-state index in [4.69, 9.17) is 9.47 Å². The maximum Gasteiger partial charge on any atom is 0.124 e. The van der Waals surface area contributed by atoms with Gasteiger partial charge in [0.15, 0.2) is 0 Å². The molecule has 1 fully saturated rings. The number of rotatable bonds is 9. The van der Waals surface area contributed by atoms with Crippen LogP contribution in [0, 0.1) is 0 Å². The lowest BCUT2D eigenvalue weighted by molar-refractivity contribution is 0.0161. The Labute approximate surface area is 156 Å². The summed E-state index contributed by atoms with van der Waals surface area (Å²) in [5.41, 5.74) is 2.52. The van der Waals surface area contributed by atoms with Gasteiger partial charge in [0.2, 0.25) is 0 Å². The van der Waals surface area contributed by atoms with Crippen LogP contribution in [0.25, 0.3) is 0 Å². The normalized spacial score (nSPS) is 16.2. The molecule has 0 aliphatic carbocycles. The van der Waals surface area contributed by atoms with E-state index in [9.17, 15) is 0 Å². The number of nitrogens with one attached hydrogen (secondary N) is 1. The minimum absolute atomic E-state index is 0.348. The zero-order valence-electron chi connectivity index (χ0n) is 15.3. The van der Waals surface area contributed by atoms with Crippen molar-refractivity contribution in [2.24, 2.45) is 0 Å². The lowest BCUT2D eigenvalue weighted by atomic mass is 10.0. The second-order valence-corrected chi connectivity index (χ2v) is 6.41. The maximum atomic E-state index is 5.76. The van der Waals surface area contributed by atoms with Crippen molar-refractivity contribution in [2.45, 2.75) is 12.6 Å². The van der Waals surface area contributed by atoms with Gasteiger partial charge < -0.3 is 14.8 Å². The molecule has 1 N–H and O–H groups in total. The summed E-state index contributed by atoms with van der Waals surface area (Å²) in [6, 6.07) is 19.2. The van der Waals surface area contributed by atoms with Gasteiger partial charge in [0.05, 0.1) is 13.2 Å². The number of ether oxygens (including phenoxy) is 2. The lowest BCUT2D eigenvalue weighted by Crippen LogP contribution is -2.42. The van der Waals surface area contributed by atoms with Crippen molar-refractivity contribution in [1.29, 1.82) is 0 Å². The van der Waals surface area contributed by atoms with Crippen LogP contribution in [-0.2, 0) is 11.3 Å². The summed E-state index contributed by atoms with van der Waals surface area (Å²) in [5, 5.41) is 3.63. The number of para-hydroxylation sites is 1. The molecule has 0 amide bonds. The quantitative estimate of drug-likeness (QED) is 0.701. The highest BCUT2D eigenvalue weighted by Crippen LogP contribution is 2.22. The van der Waals surface area contributed by atoms with E-state index < -0.39 is 0 Å². The Balaban J connectivity index is 1.64. The largest absolute Gasteiger partial charge is 0.489 e. The average molecular weight is 352 g/mol. The number of morpholine rings is 1. The molecule has 1 atom stereocenters. The Morgan fingerprint density at radius 1 is 1.08 bits per heavy atom. The Morgan fingerprint density at radius 2 is 1.81 bits per heavy atom. The summed E-state index contributed by atoms with van der Waals surface area (Å²) in [6.45, 7) is 9.47. The van der Waals surface area contributed by atoms with Gasteiger partial charge in [-0.05, 0) is 11.6 Å². The van der Waals surface area contributed by atoms with Gasteiger partial charge in [0.25, 0.3) is 0 Å². The van der Waals surface area contributed by atoms with E-state index in [1.165, 1.54) is 11.1 Å². The molecule has 4 heteroatoms. The molecule has 1 aliphatic rings. The summed E-state index contributed by atoms with van der Waals surface area (Å²) in [6.07, 6.45) is 1.77. The van der Waals surface area contributed by atoms with Crippen LogP contribution in [0.3, 0.4) is 0 Å². The van der Waals surface area contributed by atoms with Gasteiger partial charge in [-0.15, -0.1) is 0 Å². The molecule has 0 spiro atoms. The zero-order chi connectivity index (χ0) is 18.0. The van der Waals surface area contributed by atoms with Gasteiger partial charge in [-0.25, -0.2) is 0 Å². The van der Waals surface area contributed by atoms with E-state index in [1.54, 1.807) is 6.08 Å². The highest BCUT2D eigenvalue weighted by Gasteiger charge is 2.22. The maximum absolute atomic E-state index is 5.76. The predicted octanol–water partition coefficient (Wildman–Crippen LogP) is 3.41. The number of hydrogen-bond donors (Lipinski definition) is 1. The van der Waals surface area contributed by atoms with Crippen LogP contribution >= 0.6 is 0 Å². The Kier molecular flexibility index (Phi) is 7.25. The molecule has 1 heterocycles. The fourth-order valence-electron chi connectivity index (χ4n) is 3.31. The molecule has 0 aromatic heterocycles. The van der Waals surface area contributed by atoms with Crippen molar-refractivity contribution >= 4 is 0 Å². The second kappa shape index (κ2) is 10.1. The van der Waals surface area contributed by atoms with E-state index in [-0.39, 0.29) is 0 Å². The van der Waals surface area contributed by atoms with Crippen LogP contribution in [0.4, 0.5) is 0 Å². The first kappa shape index (κ1) is 18.6. The first-order chi connectivity index (χ1) is 12.9. The van der Waals surface area contributed by atoms with E-state index in [0.29, 0.717) is 12.6 Å². The van der Waals surface area contributed by atoms with Crippen LogP contribution < -0.4 is 10.1 Å². The summed E-state index contributed by atoms with van der Waals surface area (Å²) in [5.74, 6) is 0.919. The monoisotopic (exact) mass is 352 g/mol. The van der Waals surface area contributed by atoms with Crippen LogP contribution in [0.1, 0.15) is 17.2 Å². The van der Waals surface area contributed by atoms with Crippen molar-refractivity contribution in [3.05, 3.63) is 78.4 Å².